The van der Waals surface area contributed by atoms with Crippen LogP contribution in [0.5, 0.6) is 0 Å². The first-order valence-electron chi connectivity index (χ1n) is 5.21. The van der Waals surface area contributed by atoms with Gasteiger partial charge in [0.1, 0.15) is 6.10 Å². The van der Waals surface area contributed by atoms with Gasteiger partial charge in [-0.1, -0.05) is 6.58 Å². The molecule has 0 aliphatic rings. The molecular formula is C8H16O10P2. The first-order valence-corrected chi connectivity index (χ1v) is 8.23. The van der Waals surface area contributed by atoms with E-state index in [0.717, 1.165) is 6.08 Å². The molecule has 0 heterocycles. The Hall–Kier alpha value is -0.570. The first kappa shape index (κ1) is 19.4. The van der Waals surface area contributed by atoms with E-state index in [2.05, 4.69) is 15.4 Å². The average molecular weight is 334 g/mol. The molecule has 3 N–H and O–H groups in total. The molecule has 0 aromatic heterocycles. The van der Waals surface area contributed by atoms with Crippen LogP contribution in [0.25, 0.3) is 0 Å². The van der Waals surface area contributed by atoms with Gasteiger partial charge in [-0.15, -0.1) is 0 Å². The molecule has 118 valence electrons. The second kappa shape index (κ2) is 8.66. The van der Waals surface area contributed by atoms with Crippen molar-refractivity contribution in [1.29, 1.82) is 0 Å². The molecule has 0 fully saturated rings. The lowest BCUT2D eigenvalue weighted by molar-refractivity contribution is -0.145. The maximum absolute atomic E-state index is 11.0. The quantitative estimate of drug-likeness (QED) is 0.221. The van der Waals surface area contributed by atoms with Crippen LogP contribution in [0.2, 0.25) is 0 Å². The van der Waals surface area contributed by atoms with Crippen LogP contribution in [-0.4, -0.2) is 46.6 Å². The van der Waals surface area contributed by atoms with Crippen LogP contribution in [0.15, 0.2) is 12.7 Å². The molecule has 0 aromatic rings. The van der Waals surface area contributed by atoms with Crippen LogP contribution in [-0.2, 0) is 32.2 Å². The largest absolute Gasteiger partial charge is 0.481 e. The number of rotatable bonds is 10. The topological polar surface area (TPSA) is 149 Å². The molecule has 0 saturated heterocycles. The molecule has 10 nitrogen and oxygen atoms in total. The van der Waals surface area contributed by atoms with Gasteiger partial charge in [0.2, 0.25) is 0 Å². The lowest BCUT2D eigenvalue weighted by Gasteiger charge is -2.14. The van der Waals surface area contributed by atoms with Gasteiger partial charge < -0.3 is 24.2 Å². The van der Waals surface area contributed by atoms with Crippen molar-refractivity contribution in [3.8, 4) is 0 Å². The standard InChI is InChI=1S/C8H16O10P2/c1-3-8(9)17-7(2)6-15-4-5-16-20(13,14)18-19(10,11)12/h3,7H,1,4-6H2,2H3,(H,13,14)(H2,10,11,12). The number of carbonyl (C=O) groups is 1. The van der Waals surface area contributed by atoms with Gasteiger partial charge in [-0.3, -0.25) is 4.52 Å². The van der Waals surface area contributed by atoms with Gasteiger partial charge in [0, 0.05) is 6.08 Å². The number of phosphoric ester groups is 1. The molecule has 12 heteroatoms. The van der Waals surface area contributed by atoms with Crippen LogP contribution >= 0.6 is 15.6 Å². The molecule has 0 saturated carbocycles. The van der Waals surface area contributed by atoms with Crippen LogP contribution in [0, 0.1) is 0 Å². The van der Waals surface area contributed by atoms with Crippen molar-refractivity contribution in [1.82, 2.24) is 0 Å². The highest BCUT2D eigenvalue weighted by atomic mass is 31.3. The molecule has 0 spiro atoms. The first-order chi connectivity index (χ1) is 9.06. The van der Waals surface area contributed by atoms with Gasteiger partial charge in [-0.05, 0) is 6.92 Å². The molecular weight excluding hydrogens is 318 g/mol. The van der Waals surface area contributed by atoms with Crippen LogP contribution in [0.4, 0.5) is 0 Å². The Labute approximate surface area is 115 Å². The van der Waals surface area contributed by atoms with E-state index in [-0.39, 0.29) is 13.2 Å². The van der Waals surface area contributed by atoms with Gasteiger partial charge in [0.25, 0.3) is 0 Å². The van der Waals surface area contributed by atoms with Gasteiger partial charge in [0.05, 0.1) is 19.8 Å². The summed E-state index contributed by atoms with van der Waals surface area (Å²) in [5.74, 6) is -0.618. The monoisotopic (exact) mass is 334 g/mol. The third-order valence-corrected chi connectivity index (χ3v) is 3.71. The summed E-state index contributed by atoms with van der Waals surface area (Å²) in [4.78, 5) is 36.3. The van der Waals surface area contributed by atoms with E-state index in [1.165, 1.54) is 0 Å². The van der Waals surface area contributed by atoms with E-state index in [1.54, 1.807) is 6.92 Å². The number of hydrogen-bond donors (Lipinski definition) is 3. The summed E-state index contributed by atoms with van der Waals surface area (Å²) < 4.78 is 38.8. The summed E-state index contributed by atoms with van der Waals surface area (Å²) in [7, 11) is -9.97. The van der Waals surface area contributed by atoms with Crippen molar-refractivity contribution in [3.63, 3.8) is 0 Å². The number of esters is 1. The minimum atomic E-state index is -5.12. The second-order valence-corrected chi connectivity index (χ2v) is 6.23. The highest BCUT2D eigenvalue weighted by molar-refractivity contribution is 7.60. The molecule has 2 unspecified atom stereocenters. The van der Waals surface area contributed by atoms with Crippen molar-refractivity contribution < 1.29 is 46.9 Å². The maximum Gasteiger partial charge on any atom is 0.481 e. The number of phosphoric acid groups is 2. The molecule has 0 aromatic carbocycles. The number of carbonyl (C=O) groups excluding carboxylic acids is 1. The van der Waals surface area contributed by atoms with Crippen LogP contribution < -0.4 is 0 Å². The smallest absolute Gasteiger partial charge is 0.457 e. The minimum absolute atomic E-state index is 0.00196. The summed E-state index contributed by atoms with van der Waals surface area (Å²) >= 11 is 0. The van der Waals surface area contributed by atoms with Crippen molar-refractivity contribution in [2.24, 2.45) is 0 Å². The molecule has 0 amide bonds. The van der Waals surface area contributed by atoms with E-state index in [0.29, 0.717) is 0 Å². The Morgan fingerprint density at radius 1 is 1.30 bits per heavy atom. The van der Waals surface area contributed by atoms with Crippen LogP contribution in [0.3, 0.4) is 0 Å². The fourth-order valence-corrected chi connectivity index (χ4v) is 2.47. The van der Waals surface area contributed by atoms with Gasteiger partial charge in [-0.25, -0.2) is 13.9 Å². The second-order valence-electron chi connectivity index (χ2n) is 3.40. The van der Waals surface area contributed by atoms with E-state index < -0.39 is 34.3 Å². The number of hydrogen-bond acceptors (Lipinski definition) is 7. The highest BCUT2D eigenvalue weighted by Crippen LogP contribution is 2.57. The normalized spacial score (nSPS) is 16.2. The predicted molar refractivity (Wildman–Crippen MR) is 65.5 cm³/mol. The lowest BCUT2D eigenvalue weighted by Crippen LogP contribution is -2.20. The Bertz CT molecular complexity index is 415. The van der Waals surface area contributed by atoms with Gasteiger partial charge >= 0.3 is 21.6 Å². The summed E-state index contributed by atoms with van der Waals surface area (Å²) in [6, 6.07) is 0. The van der Waals surface area contributed by atoms with Crippen molar-refractivity contribution in [2.45, 2.75) is 13.0 Å². The summed E-state index contributed by atoms with van der Waals surface area (Å²) in [5.41, 5.74) is 0. The van der Waals surface area contributed by atoms with Crippen molar-refractivity contribution in [3.05, 3.63) is 12.7 Å². The van der Waals surface area contributed by atoms with Gasteiger partial charge in [0.15, 0.2) is 0 Å². The fraction of sp³-hybridized carbons (Fsp3) is 0.625. The minimum Gasteiger partial charge on any atom is -0.457 e. The lowest BCUT2D eigenvalue weighted by atomic mass is 10.4. The highest BCUT2D eigenvalue weighted by Gasteiger charge is 2.32. The zero-order valence-electron chi connectivity index (χ0n) is 10.6. The zero-order chi connectivity index (χ0) is 15.8. The third-order valence-electron chi connectivity index (χ3n) is 1.53. The Kier molecular flexibility index (Phi) is 8.41. The zero-order valence-corrected chi connectivity index (χ0v) is 12.4. The van der Waals surface area contributed by atoms with E-state index >= 15 is 0 Å². The fourth-order valence-electron chi connectivity index (χ4n) is 0.899. The molecule has 0 radical (unpaired) electrons. The van der Waals surface area contributed by atoms with E-state index in [9.17, 15) is 13.9 Å². The number of ether oxygens (including phenoxy) is 2. The van der Waals surface area contributed by atoms with Crippen molar-refractivity contribution >= 4 is 21.6 Å². The molecule has 0 aliphatic carbocycles. The molecule has 2 atom stereocenters. The molecule has 0 aliphatic heterocycles. The Morgan fingerprint density at radius 3 is 2.40 bits per heavy atom. The third kappa shape index (κ3) is 11.3. The van der Waals surface area contributed by atoms with E-state index in [4.69, 9.17) is 24.2 Å². The Morgan fingerprint density at radius 2 is 1.90 bits per heavy atom. The average Bonchev–Trinajstić information content (AvgIpc) is 2.24. The van der Waals surface area contributed by atoms with E-state index in [1.807, 2.05) is 0 Å². The van der Waals surface area contributed by atoms with Crippen LogP contribution in [0.1, 0.15) is 6.92 Å². The molecule has 20 heavy (non-hydrogen) atoms. The molecule has 0 bridgehead atoms. The molecule has 0 rings (SSSR count). The summed E-state index contributed by atoms with van der Waals surface area (Å²) in [6.45, 7) is 4.13. The Balaban J connectivity index is 3.81. The predicted octanol–water partition coefficient (Wildman–Crippen LogP) is 0.347. The summed E-state index contributed by atoms with van der Waals surface area (Å²) in [5, 5.41) is 0. The maximum atomic E-state index is 11.0. The summed E-state index contributed by atoms with van der Waals surface area (Å²) in [6.07, 6.45) is 0.425. The van der Waals surface area contributed by atoms with Gasteiger partial charge in [-0.2, -0.15) is 4.31 Å². The SMILES string of the molecule is C=CC(=O)OC(C)COCCOP(=O)(O)OP(=O)(O)O. The van der Waals surface area contributed by atoms with Crippen molar-refractivity contribution in [2.75, 3.05) is 19.8 Å².